The molecule has 0 amide bonds. The summed E-state index contributed by atoms with van der Waals surface area (Å²) in [6, 6.07) is 7.61. The van der Waals surface area contributed by atoms with Crippen LogP contribution in [0.5, 0.6) is 0 Å². The van der Waals surface area contributed by atoms with Crippen molar-refractivity contribution in [2.75, 3.05) is 40.1 Å². The Balaban J connectivity index is 1.79. The fourth-order valence-corrected chi connectivity index (χ4v) is 2.24. The molecule has 0 aromatic heterocycles. The topological polar surface area (TPSA) is 56.8 Å². The van der Waals surface area contributed by atoms with Crippen LogP contribution in [-0.2, 0) is 25.4 Å². The molecule has 1 heterocycles. The molecule has 0 fully saturated rings. The van der Waals surface area contributed by atoms with Gasteiger partial charge in [-0.25, -0.2) is 4.79 Å². The molecule has 0 saturated heterocycles. The molecule has 2 rings (SSSR count). The minimum atomic E-state index is -0.362. The summed E-state index contributed by atoms with van der Waals surface area (Å²) >= 11 is 0. The van der Waals surface area contributed by atoms with Crippen LogP contribution >= 0.6 is 0 Å². The van der Waals surface area contributed by atoms with Crippen molar-refractivity contribution in [2.24, 2.45) is 0 Å². The van der Waals surface area contributed by atoms with Gasteiger partial charge in [0.2, 0.25) is 0 Å². The van der Waals surface area contributed by atoms with Gasteiger partial charge >= 0.3 is 5.97 Å². The Bertz CT molecular complexity index is 436. The van der Waals surface area contributed by atoms with Crippen LogP contribution in [0.2, 0.25) is 0 Å². The van der Waals surface area contributed by atoms with Crippen molar-refractivity contribution in [3.05, 3.63) is 35.4 Å². The summed E-state index contributed by atoms with van der Waals surface area (Å²) in [5.74, 6) is -0.243. The number of hydrogen-bond donors (Lipinski definition) is 1. The van der Waals surface area contributed by atoms with E-state index in [0.29, 0.717) is 19.8 Å². The highest BCUT2D eigenvalue weighted by Crippen LogP contribution is 2.23. The van der Waals surface area contributed by atoms with Gasteiger partial charge in [0.25, 0.3) is 0 Å². The molecule has 1 atom stereocenters. The largest absolute Gasteiger partial charge is 0.462 e. The second-order valence-electron chi connectivity index (χ2n) is 4.61. The quantitative estimate of drug-likeness (QED) is 0.598. The smallest absolute Gasteiger partial charge is 0.327 e. The van der Waals surface area contributed by atoms with E-state index in [1.54, 1.807) is 7.11 Å². The van der Waals surface area contributed by atoms with E-state index >= 15 is 0 Å². The van der Waals surface area contributed by atoms with Crippen molar-refractivity contribution in [1.82, 2.24) is 5.32 Å². The molecular formula is C15H21NO4. The SMILES string of the molecule is COCCOCCOC(=O)C1NCCc2ccccc21. The molecule has 1 aliphatic heterocycles. The number of esters is 1. The van der Waals surface area contributed by atoms with Gasteiger partial charge < -0.3 is 19.5 Å². The number of carbonyl (C=O) groups is 1. The Morgan fingerprint density at radius 1 is 1.25 bits per heavy atom. The number of carbonyl (C=O) groups excluding carboxylic acids is 1. The van der Waals surface area contributed by atoms with Gasteiger partial charge in [0.15, 0.2) is 0 Å². The van der Waals surface area contributed by atoms with E-state index in [4.69, 9.17) is 14.2 Å². The summed E-state index contributed by atoms with van der Waals surface area (Å²) in [6.45, 7) is 2.51. The molecule has 0 saturated carbocycles. The Labute approximate surface area is 119 Å². The van der Waals surface area contributed by atoms with Crippen molar-refractivity contribution in [3.8, 4) is 0 Å². The van der Waals surface area contributed by atoms with Gasteiger partial charge in [-0.3, -0.25) is 0 Å². The van der Waals surface area contributed by atoms with Crippen molar-refractivity contribution in [1.29, 1.82) is 0 Å². The van der Waals surface area contributed by atoms with Crippen LogP contribution in [0.3, 0.4) is 0 Å². The van der Waals surface area contributed by atoms with Crippen LogP contribution in [0.15, 0.2) is 24.3 Å². The van der Waals surface area contributed by atoms with Crippen LogP contribution in [-0.4, -0.2) is 46.1 Å². The Morgan fingerprint density at radius 2 is 2.05 bits per heavy atom. The summed E-state index contributed by atoms with van der Waals surface area (Å²) in [6.07, 6.45) is 0.945. The second kappa shape index (κ2) is 7.99. The molecule has 20 heavy (non-hydrogen) atoms. The lowest BCUT2D eigenvalue weighted by molar-refractivity contribution is -0.148. The number of fused-ring (bicyclic) bond motifs is 1. The molecule has 110 valence electrons. The van der Waals surface area contributed by atoms with E-state index in [2.05, 4.69) is 11.4 Å². The Hall–Kier alpha value is -1.43. The van der Waals surface area contributed by atoms with Crippen molar-refractivity contribution >= 4 is 5.97 Å². The maximum Gasteiger partial charge on any atom is 0.327 e. The fourth-order valence-electron chi connectivity index (χ4n) is 2.24. The molecule has 0 radical (unpaired) electrons. The lowest BCUT2D eigenvalue weighted by Crippen LogP contribution is -2.36. The van der Waals surface area contributed by atoms with E-state index in [0.717, 1.165) is 18.5 Å². The average Bonchev–Trinajstić information content (AvgIpc) is 2.50. The van der Waals surface area contributed by atoms with Crippen LogP contribution in [0, 0.1) is 0 Å². The number of rotatable bonds is 7. The standard InChI is InChI=1S/C15H21NO4/c1-18-8-9-19-10-11-20-15(17)14-13-5-3-2-4-12(13)6-7-16-14/h2-5,14,16H,6-11H2,1H3. The van der Waals surface area contributed by atoms with Gasteiger partial charge in [-0.2, -0.15) is 0 Å². The van der Waals surface area contributed by atoms with Gasteiger partial charge in [-0.05, 0) is 17.5 Å². The third kappa shape index (κ3) is 4.03. The summed E-state index contributed by atoms with van der Waals surface area (Å²) in [5, 5.41) is 3.20. The molecule has 1 aliphatic rings. The lowest BCUT2D eigenvalue weighted by atomic mass is 9.94. The molecular weight excluding hydrogens is 258 g/mol. The van der Waals surface area contributed by atoms with E-state index in [1.165, 1.54) is 5.56 Å². The highest BCUT2D eigenvalue weighted by Gasteiger charge is 2.26. The first-order chi connectivity index (χ1) is 9.83. The molecule has 5 nitrogen and oxygen atoms in total. The highest BCUT2D eigenvalue weighted by molar-refractivity contribution is 5.78. The number of ether oxygens (including phenoxy) is 3. The zero-order chi connectivity index (χ0) is 14.2. The van der Waals surface area contributed by atoms with Crippen molar-refractivity contribution in [3.63, 3.8) is 0 Å². The zero-order valence-corrected chi connectivity index (χ0v) is 11.8. The minimum absolute atomic E-state index is 0.243. The average molecular weight is 279 g/mol. The zero-order valence-electron chi connectivity index (χ0n) is 11.8. The predicted octanol–water partition coefficient (Wildman–Crippen LogP) is 1.08. The minimum Gasteiger partial charge on any atom is -0.462 e. The molecule has 0 aliphatic carbocycles. The monoisotopic (exact) mass is 279 g/mol. The second-order valence-corrected chi connectivity index (χ2v) is 4.61. The number of nitrogens with one attached hydrogen (secondary N) is 1. The summed E-state index contributed by atoms with van der Waals surface area (Å²) in [4.78, 5) is 12.1. The number of methoxy groups -OCH3 is 1. The molecule has 1 N–H and O–H groups in total. The van der Waals surface area contributed by atoms with Crippen molar-refractivity contribution in [2.45, 2.75) is 12.5 Å². The fraction of sp³-hybridized carbons (Fsp3) is 0.533. The van der Waals surface area contributed by atoms with Crippen LogP contribution in [0.4, 0.5) is 0 Å². The maximum atomic E-state index is 12.1. The Morgan fingerprint density at radius 3 is 2.90 bits per heavy atom. The summed E-state index contributed by atoms with van der Waals surface area (Å²) in [5.41, 5.74) is 2.23. The van der Waals surface area contributed by atoms with Crippen LogP contribution in [0.25, 0.3) is 0 Å². The predicted molar refractivity (Wildman–Crippen MR) is 74.5 cm³/mol. The lowest BCUT2D eigenvalue weighted by Gasteiger charge is -2.25. The summed E-state index contributed by atoms with van der Waals surface area (Å²) < 4.78 is 15.4. The molecule has 5 heteroatoms. The van der Waals surface area contributed by atoms with E-state index in [9.17, 15) is 4.79 Å². The van der Waals surface area contributed by atoms with Crippen LogP contribution in [0.1, 0.15) is 17.2 Å². The molecule has 1 unspecified atom stereocenters. The third-order valence-corrected chi connectivity index (χ3v) is 3.25. The van der Waals surface area contributed by atoms with Gasteiger partial charge in [-0.1, -0.05) is 24.3 Å². The van der Waals surface area contributed by atoms with E-state index in [-0.39, 0.29) is 18.6 Å². The maximum absolute atomic E-state index is 12.1. The van der Waals surface area contributed by atoms with Gasteiger partial charge in [0.05, 0.1) is 19.8 Å². The van der Waals surface area contributed by atoms with Gasteiger partial charge in [-0.15, -0.1) is 0 Å². The third-order valence-electron chi connectivity index (χ3n) is 3.25. The van der Waals surface area contributed by atoms with Crippen LogP contribution < -0.4 is 5.32 Å². The van der Waals surface area contributed by atoms with E-state index in [1.807, 2.05) is 18.2 Å². The first-order valence-corrected chi connectivity index (χ1v) is 6.87. The number of benzene rings is 1. The normalized spacial score (nSPS) is 17.6. The number of hydrogen-bond acceptors (Lipinski definition) is 5. The molecule has 1 aromatic carbocycles. The van der Waals surface area contributed by atoms with E-state index < -0.39 is 0 Å². The van der Waals surface area contributed by atoms with Crippen molar-refractivity contribution < 1.29 is 19.0 Å². The molecule has 0 spiro atoms. The first kappa shape index (κ1) is 15.0. The summed E-state index contributed by atoms with van der Waals surface area (Å²) in [7, 11) is 1.62. The Kier molecular flexibility index (Phi) is 5.98. The van der Waals surface area contributed by atoms with Gasteiger partial charge in [0.1, 0.15) is 12.6 Å². The molecule has 1 aromatic rings. The van der Waals surface area contributed by atoms with Gasteiger partial charge in [0, 0.05) is 13.7 Å². The highest BCUT2D eigenvalue weighted by atomic mass is 16.6. The first-order valence-electron chi connectivity index (χ1n) is 6.87. The molecule has 0 bridgehead atoms.